The van der Waals surface area contributed by atoms with Crippen LogP contribution in [0.1, 0.15) is 146 Å². The molecule has 3 rings (SSSR count). The summed E-state index contributed by atoms with van der Waals surface area (Å²) in [5, 5.41) is 15.3. The molecule has 4 N–H and O–H groups in total. The molecule has 0 radical (unpaired) electrons. The molecular formula is C43H67N5O7S. The summed E-state index contributed by atoms with van der Waals surface area (Å²) in [6.45, 7) is 15.1. The Kier molecular flexibility index (Phi) is 19.6. The number of carbonyl (C=O) groups excluding carboxylic acids is 3. The molecule has 3 amide bonds. The molecule has 2 aromatic rings. The lowest BCUT2D eigenvalue weighted by molar-refractivity contribution is -0.147. The molecule has 2 heterocycles. The quantitative estimate of drug-likeness (QED) is 0.0540. The van der Waals surface area contributed by atoms with Crippen molar-refractivity contribution < 1.29 is 33.8 Å². The third-order valence-electron chi connectivity index (χ3n) is 10.4. The maximum absolute atomic E-state index is 14.5. The van der Waals surface area contributed by atoms with Crippen molar-refractivity contribution in [3.8, 4) is 0 Å². The Morgan fingerprint density at radius 3 is 2.45 bits per heavy atom. The number of nitrogens with two attached hydrogens (primary N) is 1. The molecule has 1 saturated heterocycles. The van der Waals surface area contributed by atoms with Crippen LogP contribution < -0.4 is 11.1 Å². The molecule has 0 aliphatic carbocycles. The monoisotopic (exact) mass is 797 g/mol. The minimum absolute atomic E-state index is 0.0472. The van der Waals surface area contributed by atoms with E-state index in [9.17, 15) is 24.3 Å². The second-order valence-corrected chi connectivity index (χ2v) is 16.9. The first kappa shape index (κ1) is 46.7. The number of hydrogen-bond acceptors (Lipinski definition) is 9. The summed E-state index contributed by atoms with van der Waals surface area (Å²) in [6, 6.07) is 6.63. The summed E-state index contributed by atoms with van der Waals surface area (Å²) in [4.78, 5) is 64.3. The summed E-state index contributed by atoms with van der Waals surface area (Å²) in [5.74, 6) is -2.19. The smallest absolute Gasteiger partial charge is 0.309 e. The number of thiazole rings is 1. The highest BCUT2D eigenvalue weighted by atomic mass is 32.1. The van der Waals surface area contributed by atoms with Crippen LogP contribution in [0.25, 0.3) is 0 Å². The zero-order valence-electron chi connectivity index (χ0n) is 34.8. The molecular weight excluding hydrogens is 731 g/mol. The van der Waals surface area contributed by atoms with E-state index in [4.69, 9.17) is 20.2 Å². The number of rotatable bonds is 24. The normalized spacial score (nSPS) is 17.0. The van der Waals surface area contributed by atoms with Crippen molar-refractivity contribution in [2.24, 2.45) is 22.2 Å². The first-order valence-electron chi connectivity index (χ1n) is 20.7. The van der Waals surface area contributed by atoms with Gasteiger partial charge in [-0.3, -0.25) is 19.2 Å². The van der Waals surface area contributed by atoms with Crippen LogP contribution in [-0.2, 0) is 30.3 Å². The zero-order valence-corrected chi connectivity index (χ0v) is 35.6. The van der Waals surface area contributed by atoms with Crippen molar-refractivity contribution in [1.82, 2.24) is 15.2 Å². The molecule has 1 fully saturated rings. The SMILES string of the molecule is CCCCCCN(C(=O)C(C=NC(=O)[C@H]1CCCCO1)CCC)[C@H](C[C@@H](OCC)c1nc(C(=O)N[C@@H](Cc2ccc(N)cc2)CC(C)(C)C(=O)O)cs1)C(C)C. The van der Waals surface area contributed by atoms with Crippen LogP contribution in [0, 0.1) is 17.3 Å². The second kappa shape index (κ2) is 23.5. The fraction of sp³-hybridized carbons (Fsp3) is 0.674. The van der Waals surface area contributed by atoms with Gasteiger partial charge in [0.05, 0.1) is 11.3 Å². The van der Waals surface area contributed by atoms with Gasteiger partial charge in [0.2, 0.25) is 5.91 Å². The van der Waals surface area contributed by atoms with Gasteiger partial charge in [0.1, 0.15) is 22.9 Å². The lowest BCUT2D eigenvalue weighted by atomic mass is 9.84. The minimum atomic E-state index is -1.08. The summed E-state index contributed by atoms with van der Waals surface area (Å²) in [6.07, 6.45) is 9.45. The van der Waals surface area contributed by atoms with Crippen LogP contribution in [0.3, 0.4) is 0 Å². The van der Waals surface area contributed by atoms with E-state index in [1.165, 1.54) is 11.3 Å². The molecule has 1 unspecified atom stereocenters. The predicted molar refractivity (Wildman–Crippen MR) is 223 cm³/mol. The number of anilines is 1. The molecule has 5 atom stereocenters. The number of nitrogen functional groups attached to an aromatic ring is 1. The second-order valence-electron chi connectivity index (χ2n) is 16.0. The van der Waals surface area contributed by atoms with E-state index < -0.39 is 41.5 Å². The summed E-state index contributed by atoms with van der Waals surface area (Å²) < 4.78 is 12.0. The number of carboxylic acid groups (broad SMARTS) is 1. The maximum atomic E-state index is 14.5. The van der Waals surface area contributed by atoms with Crippen LogP contribution in [0.15, 0.2) is 34.6 Å². The Morgan fingerprint density at radius 2 is 1.84 bits per heavy atom. The van der Waals surface area contributed by atoms with Crippen molar-refractivity contribution in [1.29, 1.82) is 0 Å². The largest absolute Gasteiger partial charge is 0.481 e. The van der Waals surface area contributed by atoms with Crippen LogP contribution >= 0.6 is 11.3 Å². The van der Waals surface area contributed by atoms with Crippen molar-refractivity contribution in [2.75, 3.05) is 25.5 Å². The predicted octanol–water partition coefficient (Wildman–Crippen LogP) is 8.05. The fourth-order valence-electron chi connectivity index (χ4n) is 7.15. The number of carbonyl (C=O) groups is 4. The van der Waals surface area contributed by atoms with Gasteiger partial charge in [0.25, 0.3) is 11.8 Å². The number of carboxylic acids is 1. The van der Waals surface area contributed by atoms with Crippen molar-refractivity contribution in [3.05, 3.63) is 45.9 Å². The molecule has 1 aliphatic rings. The summed E-state index contributed by atoms with van der Waals surface area (Å²) in [7, 11) is 0. The van der Waals surface area contributed by atoms with Gasteiger partial charge in [-0.2, -0.15) is 0 Å². The number of aromatic nitrogens is 1. The van der Waals surface area contributed by atoms with Crippen LogP contribution in [0.4, 0.5) is 5.69 Å². The summed E-state index contributed by atoms with van der Waals surface area (Å²) in [5.41, 5.74) is 6.57. The van der Waals surface area contributed by atoms with Crippen molar-refractivity contribution in [3.63, 3.8) is 0 Å². The van der Waals surface area contributed by atoms with Crippen molar-refractivity contribution >= 4 is 46.9 Å². The number of aliphatic carboxylic acids is 1. The molecule has 12 nitrogen and oxygen atoms in total. The average molecular weight is 798 g/mol. The first-order valence-corrected chi connectivity index (χ1v) is 21.5. The number of nitrogens with one attached hydrogen (secondary N) is 1. The average Bonchev–Trinajstić information content (AvgIpc) is 3.67. The molecule has 0 spiro atoms. The molecule has 1 aromatic carbocycles. The van der Waals surface area contributed by atoms with Crippen molar-refractivity contribution in [2.45, 2.75) is 150 Å². The number of benzene rings is 1. The van der Waals surface area contributed by atoms with Crippen LogP contribution in [0.2, 0.25) is 0 Å². The van der Waals surface area contributed by atoms with Gasteiger partial charge >= 0.3 is 5.97 Å². The lowest BCUT2D eigenvalue weighted by Gasteiger charge is -2.38. The maximum Gasteiger partial charge on any atom is 0.309 e. The van der Waals surface area contributed by atoms with Gasteiger partial charge in [-0.1, -0.05) is 65.5 Å². The van der Waals surface area contributed by atoms with E-state index in [-0.39, 0.29) is 35.9 Å². The number of aliphatic imine (C=N–C) groups is 1. The van der Waals surface area contributed by atoms with E-state index in [0.29, 0.717) is 56.1 Å². The summed E-state index contributed by atoms with van der Waals surface area (Å²) >= 11 is 1.34. The Bertz CT molecular complexity index is 1550. The Balaban J connectivity index is 1.87. The van der Waals surface area contributed by atoms with E-state index in [0.717, 1.165) is 50.5 Å². The Morgan fingerprint density at radius 1 is 1.11 bits per heavy atom. The highest BCUT2D eigenvalue weighted by Crippen LogP contribution is 2.32. The molecule has 312 valence electrons. The third kappa shape index (κ3) is 14.7. The topological polar surface area (TPSA) is 174 Å². The molecule has 0 bridgehead atoms. The van der Waals surface area contributed by atoms with Gasteiger partial charge in [-0.25, -0.2) is 9.98 Å². The number of ether oxygens (including phenoxy) is 2. The molecule has 1 aromatic heterocycles. The van der Waals surface area contributed by atoms with Gasteiger partial charge < -0.3 is 30.5 Å². The van der Waals surface area contributed by atoms with E-state index >= 15 is 0 Å². The number of amides is 3. The third-order valence-corrected chi connectivity index (χ3v) is 11.4. The molecule has 56 heavy (non-hydrogen) atoms. The van der Waals surface area contributed by atoms with Gasteiger partial charge in [0.15, 0.2) is 0 Å². The molecule has 13 heteroatoms. The lowest BCUT2D eigenvalue weighted by Crippen LogP contribution is -2.48. The van der Waals surface area contributed by atoms with Gasteiger partial charge in [-0.15, -0.1) is 11.3 Å². The molecule has 0 saturated carbocycles. The van der Waals surface area contributed by atoms with Crippen LogP contribution in [0.5, 0.6) is 0 Å². The zero-order chi connectivity index (χ0) is 41.3. The van der Waals surface area contributed by atoms with E-state index in [1.807, 2.05) is 30.9 Å². The highest BCUT2D eigenvalue weighted by Gasteiger charge is 2.35. The number of hydrogen-bond donors (Lipinski definition) is 3. The van der Waals surface area contributed by atoms with Crippen LogP contribution in [-0.4, -0.2) is 82.8 Å². The first-order chi connectivity index (χ1) is 26.7. The van der Waals surface area contributed by atoms with E-state index in [2.05, 4.69) is 31.1 Å². The Hall–Kier alpha value is -3.68. The number of nitrogens with zero attached hydrogens (tertiary/aromatic N) is 3. The molecule has 1 aliphatic heterocycles. The van der Waals surface area contributed by atoms with Gasteiger partial charge in [-0.05, 0) is 89.3 Å². The Labute approximate surface area is 338 Å². The fourth-order valence-corrected chi connectivity index (χ4v) is 8.01. The minimum Gasteiger partial charge on any atom is -0.481 e. The number of unbranched alkanes of at least 4 members (excludes halogenated alkanes) is 3. The van der Waals surface area contributed by atoms with E-state index in [1.54, 1.807) is 37.6 Å². The highest BCUT2D eigenvalue weighted by molar-refractivity contribution is 7.09. The van der Waals surface area contributed by atoms with Gasteiger partial charge in [0, 0.05) is 55.5 Å². The standard InChI is InChI=1S/C43H67N5O7S/c1-8-11-12-14-22-48(41(51)31(16-9-2)27-45-39(50)36-17-13-15-23-55-36)35(29(4)5)25-37(54-10-3)40-47-34(28-56-40)38(49)46-33(26-43(6,7)42(52)53)24-30-18-20-32(44)21-19-30/h18-21,27-29,31,33,35-37H,8-17,22-26,44H2,1-7H3,(H,46,49)(H,52,53)/t31?,33-,35+,36+,37+/m0/s1.